The number of rotatable bonds is 3. The number of aromatic hydroxyl groups is 1. The van der Waals surface area contributed by atoms with Gasteiger partial charge in [-0.1, -0.05) is 31.2 Å². The number of phenolic OH excluding ortho intramolecular Hbond substituents is 1. The maximum absolute atomic E-state index is 11.2. The monoisotopic (exact) mass is 241 g/mol. The van der Waals surface area contributed by atoms with Crippen LogP contribution < -0.4 is 5.32 Å². The number of carbonyl (C=O) groups excluding carboxylic acids is 1. The molecule has 0 fully saturated rings. The van der Waals surface area contributed by atoms with Crippen molar-refractivity contribution in [2.24, 2.45) is 0 Å². The van der Waals surface area contributed by atoms with Crippen LogP contribution in [-0.4, -0.2) is 11.0 Å². The van der Waals surface area contributed by atoms with E-state index in [0.717, 1.165) is 16.8 Å². The first-order chi connectivity index (χ1) is 8.69. The molecule has 0 atom stereocenters. The Balaban J connectivity index is 2.17. The van der Waals surface area contributed by atoms with E-state index >= 15 is 0 Å². The Kier molecular flexibility index (Phi) is 3.63. The molecule has 2 aromatic carbocycles. The molecule has 3 heteroatoms. The highest BCUT2D eigenvalue weighted by atomic mass is 16.3. The van der Waals surface area contributed by atoms with Crippen LogP contribution >= 0.6 is 0 Å². The normalized spacial score (nSPS) is 10.1. The summed E-state index contributed by atoms with van der Waals surface area (Å²) in [5, 5.41) is 12.0. The molecule has 0 aliphatic heterocycles. The summed E-state index contributed by atoms with van der Waals surface area (Å²) < 4.78 is 0. The third-order valence-electron chi connectivity index (χ3n) is 2.69. The maximum Gasteiger partial charge on any atom is 0.224 e. The average Bonchev–Trinajstić information content (AvgIpc) is 2.40. The second-order valence-electron chi connectivity index (χ2n) is 4.03. The van der Waals surface area contributed by atoms with Crippen LogP contribution in [0.4, 0.5) is 5.69 Å². The predicted molar refractivity (Wildman–Crippen MR) is 72.5 cm³/mol. The molecule has 0 radical (unpaired) electrons. The molecule has 18 heavy (non-hydrogen) atoms. The number of hydrogen-bond donors (Lipinski definition) is 2. The zero-order valence-electron chi connectivity index (χ0n) is 10.2. The summed E-state index contributed by atoms with van der Waals surface area (Å²) in [4.78, 5) is 11.2. The van der Waals surface area contributed by atoms with Crippen molar-refractivity contribution in [3.8, 4) is 16.9 Å². The van der Waals surface area contributed by atoms with Crippen LogP contribution in [0.5, 0.6) is 5.75 Å². The fourth-order valence-corrected chi connectivity index (χ4v) is 1.65. The SMILES string of the molecule is CCC(=O)Nc1ccc(-c2ccc(O)cc2)cc1. The van der Waals surface area contributed by atoms with Gasteiger partial charge in [-0.15, -0.1) is 0 Å². The van der Waals surface area contributed by atoms with Gasteiger partial charge in [0.05, 0.1) is 0 Å². The summed E-state index contributed by atoms with van der Waals surface area (Å²) >= 11 is 0. The van der Waals surface area contributed by atoms with Gasteiger partial charge in [0.25, 0.3) is 0 Å². The van der Waals surface area contributed by atoms with Crippen molar-refractivity contribution in [1.82, 2.24) is 0 Å². The van der Waals surface area contributed by atoms with E-state index in [1.165, 1.54) is 0 Å². The largest absolute Gasteiger partial charge is 0.508 e. The molecule has 0 saturated carbocycles. The molecule has 0 aliphatic rings. The van der Waals surface area contributed by atoms with Gasteiger partial charge in [-0.05, 0) is 35.4 Å². The standard InChI is InChI=1S/C15H15NO2/c1-2-15(18)16-13-7-3-11(4-8-13)12-5-9-14(17)10-6-12/h3-10,17H,2H2,1H3,(H,16,18). The zero-order chi connectivity index (χ0) is 13.0. The van der Waals surface area contributed by atoms with E-state index < -0.39 is 0 Å². The number of carbonyl (C=O) groups is 1. The Morgan fingerprint density at radius 3 is 2.00 bits per heavy atom. The number of amides is 1. The van der Waals surface area contributed by atoms with Crippen LogP contribution in [0.15, 0.2) is 48.5 Å². The van der Waals surface area contributed by atoms with E-state index in [1.807, 2.05) is 43.3 Å². The van der Waals surface area contributed by atoms with Crippen molar-refractivity contribution in [3.63, 3.8) is 0 Å². The van der Waals surface area contributed by atoms with Gasteiger partial charge in [-0.3, -0.25) is 4.79 Å². The highest BCUT2D eigenvalue weighted by Crippen LogP contribution is 2.23. The van der Waals surface area contributed by atoms with Gasteiger partial charge in [0.2, 0.25) is 5.91 Å². The number of phenols is 1. The van der Waals surface area contributed by atoms with Crippen molar-refractivity contribution >= 4 is 11.6 Å². The molecule has 2 rings (SSSR count). The minimum absolute atomic E-state index is 0.00684. The number of nitrogens with one attached hydrogen (secondary N) is 1. The first-order valence-corrected chi connectivity index (χ1v) is 5.88. The summed E-state index contributed by atoms with van der Waals surface area (Å²) in [6, 6.07) is 14.6. The lowest BCUT2D eigenvalue weighted by atomic mass is 10.1. The summed E-state index contributed by atoms with van der Waals surface area (Å²) in [6.45, 7) is 1.82. The van der Waals surface area contributed by atoms with Gasteiger partial charge in [0.1, 0.15) is 5.75 Å². The molecule has 2 N–H and O–H groups in total. The van der Waals surface area contributed by atoms with Crippen molar-refractivity contribution in [2.45, 2.75) is 13.3 Å². The smallest absolute Gasteiger partial charge is 0.224 e. The van der Waals surface area contributed by atoms with Crippen LogP contribution in [0, 0.1) is 0 Å². The number of anilines is 1. The van der Waals surface area contributed by atoms with E-state index in [4.69, 9.17) is 0 Å². The van der Waals surface area contributed by atoms with Crippen molar-refractivity contribution in [2.75, 3.05) is 5.32 Å². The van der Waals surface area contributed by atoms with E-state index in [9.17, 15) is 9.90 Å². The summed E-state index contributed by atoms with van der Waals surface area (Å²) in [7, 11) is 0. The van der Waals surface area contributed by atoms with Crippen molar-refractivity contribution in [1.29, 1.82) is 0 Å². The minimum atomic E-state index is 0.00684. The van der Waals surface area contributed by atoms with Crippen LogP contribution in [0.1, 0.15) is 13.3 Å². The van der Waals surface area contributed by atoms with E-state index in [1.54, 1.807) is 12.1 Å². The number of hydrogen-bond acceptors (Lipinski definition) is 2. The molecular formula is C15H15NO2. The van der Waals surface area contributed by atoms with Gasteiger partial charge in [0.15, 0.2) is 0 Å². The molecule has 0 aliphatic carbocycles. The molecule has 0 aromatic heterocycles. The second-order valence-corrected chi connectivity index (χ2v) is 4.03. The fourth-order valence-electron chi connectivity index (χ4n) is 1.65. The Labute approximate surface area is 106 Å². The van der Waals surface area contributed by atoms with E-state index in [-0.39, 0.29) is 11.7 Å². The Morgan fingerprint density at radius 1 is 1.00 bits per heavy atom. The maximum atomic E-state index is 11.2. The quantitative estimate of drug-likeness (QED) is 0.865. The topological polar surface area (TPSA) is 49.3 Å². The highest BCUT2D eigenvalue weighted by molar-refractivity contribution is 5.90. The second kappa shape index (κ2) is 5.36. The van der Waals surface area contributed by atoms with Crippen molar-refractivity contribution < 1.29 is 9.90 Å². The molecule has 92 valence electrons. The van der Waals surface area contributed by atoms with Gasteiger partial charge in [-0.25, -0.2) is 0 Å². The molecule has 0 saturated heterocycles. The van der Waals surface area contributed by atoms with E-state index in [2.05, 4.69) is 5.32 Å². The highest BCUT2D eigenvalue weighted by Gasteiger charge is 2.00. The predicted octanol–water partition coefficient (Wildman–Crippen LogP) is 3.41. The van der Waals surface area contributed by atoms with Crippen LogP contribution in [0.25, 0.3) is 11.1 Å². The van der Waals surface area contributed by atoms with Gasteiger partial charge < -0.3 is 10.4 Å². The third kappa shape index (κ3) is 2.88. The molecule has 0 heterocycles. The Morgan fingerprint density at radius 2 is 1.50 bits per heavy atom. The van der Waals surface area contributed by atoms with Gasteiger partial charge in [0, 0.05) is 12.1 Å². The summed E-state index contributed by atoms with van der Waals surface area (Å²) in [6.07, 6.45) is 0.472. The van der Waals surface area contributed by atoms with Crippen LogP contribution in [0.2, 0.25) is 0 Å². The third-order valence-corrected chi connectivity index (χ3v) is 2.69. The van der Waals surface area contributed by atoms with Gasteiger partial charge >= 0.3 is 0 Å². The molecule has 1 amide bonds. The lowest BCUT2D eigenvalue weighted by Gasteiger charge is -2.06. The van der Waals surface area contributed by atoms with Crippen LogP contribution in [-0.2, 0) is 4.79 Å². The first kappa shape index (κ1) is 12.2. The molecule has 2 aromatic rings. The molecule has 0 spiro atoms. The van der Waals surface area contributed by atoms with E-state index in [0.29, 0.717) is 6.42 Å². The first-order valence-electron chi connectivity index (χ1n) is 5.88. The van der Waals surface area contributed by atoms with Crippen LogP contribution in [0.3, 0.4) is 0 Å². The van der Waals surface area contributed by atoms with Gasteiger partial charge in [-0.2, -0.15) is 0 Å². The zero-order valence-corrected chi connectivity index (χ0v) is 10.2. The molecule has 3 nitrogen and oxygen atoms in total. The Hall–Kier alpha value is -2.29. The molecule has 0 unspecified atom stereocenters. The summed E-state index contributed by atoms with van der Waals surface area (Å²) in [5.74, 6) is 0.262. The minimum Gasteiger partial charge on any atom is -0.508 e. The number of benzene rings is 2. The molecular weight excluding hydrogens is 226 g/mol. The lowest BCUT2D eigenvalue weighted by Crippen LogP contribution is -2.08. The molecule has 0 bridgehead atoms. The average molecular weight is 241 g/mol. The Bertz CT molecular complexity index is 529. The van der Waals surface area contributed by atoms with Crippen molar-refractivity contribution in [3.05, 3.63) is 48.5 Å². The lowest BCUT2D eigenvalue weighted by molar-refractivity contribution is -0.115. The fraction of sp³-hybridized carbons (Fsp3) is 0.133. The summed E-state index contributed by atoms with van der Waals surface area (Å²) in [5.41, 5.74) is 2.87.